The molecular weight excluding hydrogens is 511 g/mol. The molecule has 28 heavy (non-hydrogen) atoms. The van der Waals surface area contributed by atoms with Gasteiger partial charge < -0.3 is 5.11 Å². The summed E-state index contributed by atoms with van der Waals surface area (Å²) in [6.07, 6.45) is -12.1. The number of alkyl halides is 7. The molecule has 0 radical (unpaired) electrons. The van der Waals surface area contributed by atoms with Crippen LogP contribution in [-0.2, 0) is 0 Å². The predicted molar refractivity (Wildman–Crippen MR) is 91.6 cm³/mol. The largest absolute Gasteiger partial charge is 0.418 e. The average molecular weight is 520 g/mol. The fraction of sp³-hybridized carbons (Fsp3) is 0.250. The molecule has 0 aliphatic heterocycles. The lowest BCUT2D eigenvalue weighted by atomic mass is 10.1. The number of hydrogen-bond donors (Lipinski definition) is 1. The summed E-state index contributed by atoms with van der Waals surface area (Å²) in [5, 5.41) is 8.34. The quantitative estimate of drug-likeness (QED) is 0.321. The van der Waals surface area contributed by atoms with Crippen LogP contribution in [0.1, 0.15) is 22.1 Å². The third-order valence-electron chi connectivity index (χ3n) is 3.08. The molecule has 2 rings (SSSR count). The highest BCUT2D eigenvalue weighted by atomic mass is 79.9. The molecule has 0 aliphatic carbocycles. The van der Waals surface area contributed by atoms with E-state index >= 15 is 0 Å². The summed E-state index contributed by atoms with van der Waals surface area (Å²) in [5.41, 5.74) is -1.00. The lowest BCUT2D eigenvalue weighted by Gasteiger charge is -2.15. The first-order chi connectivity index (χ1) is 12.6. The van der Waals surface area contributed by atoms with Crippen molar-refractivity contribution < 1.29 is 40.2 Å². The van der Waals surface area contributed by atoms with Crippen LogP contribution in [0.25, 0.3) is 0 Å². The van der Waals surface area contributed by atoms with Gasteiger partial charge in [-0.25, -0.2) is 8.78 Å². The van der Waals surface area contributed by atoms with E-state index in [1.165, 1.54) is 0 Å². The van der Waals surface area contributed by atoms with Crippen molar-refractivity contribution in [3.8, 4) is 0 Å². The van der Waals surface area contributed by atoms with Gasteiger partial charge in [0.05, 0.1) is 0 Å². The van der Waals surface area contributed by atoms with Crippen LogP contribution in [0.2, 0.25) is 10.0 Å². The van der Waals surface area contributed by atoms with Crippen molar-refractivity contribution in [1.29, 1.82) is 0 Å². The van der Waals surface area contributed by atoms with Gasteiger partial charge in [-0.1, -0.05) is 39.1 Å². The summed E-state index contributed by atoms with van der Waals surface area (Å²) in [7, 11) is 0. The van der Waals surface area contributed by atoms with Crippen LogP contribution in [0.15, 0.2) is 36.4 Å². The summed E-state index contributed by atoms with van der Waals surface area (Å²) in [4.78, 5) is -1.95. The van der Waals surface area contributed by atoms with Gasteiger partial charge in [-0.3, -0.25) is 0 Å². The highest BCUT2D eigenvalue weighted by Gasteiger charge is 2.41. The van der Waals surface area contributed by atoms with Gasteiger partial charge in [0.1, 0.15) is 16.5 Å². The Balaban J connectivity index is 0.000000280. The minimum Gasteiger partial charge on any atom is -0.379 e. The van der Waals surface area contributed by atoms with Crippen molar-refractivity contribution in [3.63, 3.8) is 0 Å². The fourth-order valence-corrected chi connectivity index (χ4v) is 2.74. The molecule has 0 aromatic heterocycles. The molecule has 156 valence electrons. The molecule has 0 amide bonds. The fourth-order valence-electron chi connectivity index (χ4n) is 1.79. The molecule has 2 aromatic carbocycles. The molecule has 0 spiro atoms. The molecule has 0 aliphatic rings. The number of hydrogen-bond acceptors (Lipinski definition) is 1. The Labute approximate surface area is 172 Å². The Bertz CT molecular complexity index is 743. The van der Waals surface area contributed by atoms with Gasteiger partial charge in [0.2, 0.25) is 0 Å². The Morgan fingerprint density at radius 2 is 1.14 bits per heavy atom. The lowest BCUT2D eigenvalue weighted by molar-refractivity contribution is -0.206. The number of aliphatic hydroxyl groups excluding tert-OH is 1. The molecule has 0 bridgehead atoms. The minimum absolute atomic E-state index is 0.120. The maximum Gasteiger partial charge on any atom is 0.418 e. The molecule has 0 heterocycles. The van der Waals surface area contributed by atoms with E-state index in [0.29, 0.717) is 6.07 Å². The number of aliphatic hydroxyl groups is 1. The Morgan fingerprint density at radius 1 is 0.750 bits per heavy atom. The van der Waals surface area contributed by atoms with Gasteiger partial charge in [0, 0.05) is 15.6 Å². The van der Waals surface area contributed by atoms with Gasteiger partial charge in [-0.05, 0) is 42.0 Å². The summed E-state index contributed by atoms with van der Waals surface area (Å²) in [6.45, 7) is 0. The first kappa shape index (κ1) is 24.9. The highest BCUT2D eigenvalue weighted by Crippen LogP contribution is 2.42. The van der Waals surface area contributed by atoms with E-state index in [0.717, 1.165) is 30.3 Å². The van der Waals surface area contributed by atoms with Crippen LogP contribution >= 0.6 is 39.1 Å². The standard InChI is InChI=1S/C8H4BrClF4.C8H5ClF4O/c9-7(8(12,13)14)5-3-4(11)1-2-6(5)10;9-6-2-1-4(10)3-5(6)7(14)8(11,12)13/h1-3,7H;1-3,7,14H. The van der Waals surface area contributed by atoms with Gasteiger partial charge in [-0.15, -0.1) is 0 Å². The molecule has 1 N–H and O–H groups in total. The smallest absolute Gasteiger partial charge is 0.379 e. The topological polar surface area (TPSA) is 20.2 Å². The Hall–Kier alpha value is -1.10. The zero-order chi connectivity index (χ0) is 21.9. The van der Waals surface area contributed by atoms with Gasteiger partial charge in [-0.2, -0.15) is 26.3 Å². The van der Waals surface area contributed by atoms with Crippen LogP contribution in [0.5, 0.6) is 0 Å². The van der Waals surface area contributed by atoms with Crippen molar-refractivity contribution in [2.45, 2.75) is 23.3 Å². The van der Waals surface area contributed by atoms with Crippen molar-refractivity contribution in [2.75, 3.05) is 0 Å². The van der Waals surface area contributed by atoms with E-state index in [-0.39, 0.29) is 15.6 Å². The highest BCUT2D eigenvalue weighted by molar-refractivity contribution is 9.09. The van der Waals surface area contributed by atoms with Gasteiger partial charge >= 0.3 is 12.4 Å². The predicted octanol–water partition coefficient (Wildman–Crippen LogP) is 7.55. The van der Waals surface area contributed by atoms with E-state index in [1.54, 1.807) is 0 Å². The van der Waals surface area contributed by atoms with Crippen molar-refractivity contribution >= 4 is 39.1 Å². The first-order valence-corrected chi connectivity index (χ1v) is 8.67. The molecule has 12 heteroatoms. The zero-order valence-electron chi connectivity index (χ0n) is 13.2. The SMILES string of the molecule is Fc1ccc(Cl)c(C(Br)C(F)(F)F)c1.OC(c1cc(F)ccc1Cl)C(F)(F)F. The Kier molecular flexibility index (Phi) is 8.55. The number of halogens is 11. The second kappa shape index (κ2) is 9.60. The normalized spacial score (nSPS) is 14.1. The summed E-state index contributed by atoms with van der Waals surface area (Å²) in [5.74, 6) is -1.63. The number of benzene rings is 2. The Morgan fingerprint density at radius 3 is 1.54 bits per heavy atom. The lowest BCUT2D eigenvalue weighted by Crippen LogP contribution is -2.20. The second-order valence-corrected chi connectivity index (χ2v) is 6.91. The molecule has 1 nitrogen and oxygen atoms in total. The molecule has 2 atom stereocenters. The zero-order valence-corrected chi connectivity index (χ0v) is 16.3. The minimum atomic E-state index is -4.85. The van der Waals surface area contributed by atoms with E-state index in [2.05, 4.69) is 15.9 Å². The molecule has 0 saturated heterocycles. The van der Waals surface area contributed by atoms with Crippen LogP contribution in [0, 0.1) is 11.6 Å². The third-order valence-corrected chi connectivity index (χ3v) is 4.78. The van der Waals surface area contributed by atoms with Crippen molar-refractivity contribution in [3.05, 3.63) is 69.2 Å². The molecule has 0 saturated carbocycles. The van der Waals surface area contributed by atoms with Crippen LogP contribution < -0.4 is 0 Å². The number of rotatable bonds is 2. The van der Waals surface area contributed by atoms with Crippen LogP contribution in [0.3, 0.4) is 0 Å². The van der Waals surface area contributed by atoms with E-state index < -0.39 is 40.5 Å². The molecular formula is C16H9BrCl2F8O. The van der Waals surface area contributed by atoms with Gasteiger partial charge in [0.25, 0.3) is 0 Å². The van der Waals surface area contributed by atoms with E-state index in [1.807, 2.05) is 0 Å². The second-order valence-electron chi connectivity index (χ2n) is 5.18. The van der Waals surface area contributed by atoms with Crippen LogP contribution in [0.4, 0.5) is 35.1 Å². The summed E-state index contributed by atoms with van der Waals surface area (Å²) in [6, 6.07) is 5.28. The molecule has 2 aromatic rings. The monoisotopic (exact) mass is 518 g/mol. The third kappa shape index (κ3) is 7.06. The molecule has 2 unspecified atom stereocenters. The maximum absolute atomic E-state index is 12.6. The maximum atomic E-state index is 12.6. The first-order valence-electron chi connectivity index (χ1n) is 7.00. The van der Waals surface area contributed by atoms with Gasteiger partial charge in [0.15, 0.2) is 6.10 Å². The van der Waals surface area contributed by atoms with E-state index in [4.69, 9.17) is 28.3 Å². The molecule has 0 fully saturated rings. The van der Waals surface area contributed by atoms with Crippen LogP contribution in [-0.4, -0.2) is 17.5 Å². The van der Waals surface area contributed by atoms with E-state index in [9.17, 15) is 35.1 Å². The van der Waals surface area contributed by atoms with Crippen molar-refractivity contribution in [2.24, 2.45) is 0 Å². The van der Waals surface area contributed by atoms with Crippen molar-refractivity contribution in [1.82, 2.24) is 0 Å². The summed E-state index contributed by atoms with van der Waals surface area (Å²) < 4.78 is 97.9. The average Bonchev–Trinajstić information content (AvgIpc) is 2.57. The summed E-state index contributed by atoms with van der Waals surface area (Å²) >= 11 is 13.3.